The molecule has 1 unspecified atom stereocenters. The number of fused-ring (bicyclic) bond motifs is 1. The fourth-order valence-electron chi connectivity index (χ4n) is 2.98. The number of sulfonamides is 1. The van der Waals surface area contributed by atoms with Gasteiger partial charge in [0.1, 0.15) is 5.82 Å². The molecule has 1 aliphatic carbocycles. The lowest BCUT2D eigenvalue weighted by atomic mass is 10.1. The minimum absolute atomic E-state index is 0.0761. The van der Waals surface area contributed by atoms with Crippen LogP contribution in [0.15, 0.2) is 17.3 Å². The van der Waals surface area contributed by atoms with Gasteiger partial charge in [0, 0.05) is 36.3 Å². The summed E-state index contributed by atoms with van der Waals surface area (Å²) in [5.74, 6) is 1.69. The Morgan fingerprint density at radius 3 is 2.91 bits per heavy atom. The van der Waals surface area contributed by atoms with Crippen molar-refractivity contribution in [3.05, 3.63) is 23.8 Å². The molecule has 0 amide bonds. The van der Waals surface area contributed by atoms with Crippen molar-refractivity contribution in [1.29, 1.82) is 0 Å². The largest absolute Gasteiger partial charge is 0.331 e. The normalized spacial score (nSPS) is 21.6. The zero-order valence-electron chi connectivity index (χ0n) is 12.4. The molecule has 7 nitrogen and oxygen atoms in total. The summed E-state index contributed by atoms with van der Waals surface area (Å²) in [6.07, 6.45) is 6.85. The molecular formula is C14H19N5O2S. The fourth-order valence-corrected chi connectivity index (χ4v) is 3.94. The Morgan fingerprint density at radius 1 is 1.36 bits per heavy atom. The van der Waals surface area contributed by atoms with E-state index in [0.717, 1.165) is 43.6 Å². The topological polar surface area (TPSA) is 92.7 Å². The summed E-state index contributed by atoms with van der Waals surface area (Å²) in [4.78, 5) is 4.30. The number of imidazole rings is 1. The van der Waals surface area contributed by atoms with E-state index in [1.54, 1.807) is 12.3 Å². The Bertz CT molecular complexity index is 803. The highest BCUT2D eigenvalue weighted by Crippen LogP contribution is 2.39. The SMILES string of the molecule is CC1CCCc2nc(S(=O)(=O)Nc3cc(C4CC4)[nH]n3)cn21. The molecule has 0 spiro atoms. The Kier molecular flexibility index (Phi) is 3.04. The first-order valence-corrected chi connectivity index (χ1v) is 9.17. The lowest BCUT2D eigenvalue weighted by molar-refractivity contribution is 0.425. The number of rotatable bonds is 4. The quantitative estimate of drug-likeness (QED) is 0.902. The van der Waals surface area contributed by atoms with Gasteiger partial charge in [-0.3, -0.25) is 9.82 Å². The number of hydrogen-bond acceptors (Lipinski definition) is 4. The molecule has 2 N–H and O–H groups in total. The highest BCUT2D eigenvalue weighted by atomic mass is 32.2. The molecule has 1 aliphatic heterocycles. The van der Waals surface area contributed by atoms with Crippen molar-refractivity contribution >= 4 is 15.8 Å². The smallest absolute Gasteiger partial charge is 0.282 e. The van der Waals surface area contributed by atoms with Crippen molar-refractivity contribution in [2.45, 2.75) is 56.0 Å². The van der Waals surface area contributed by atoms with Gasteiger partial charge in [0.05, 0.1) is 0 Å². The van der Waals surface area contributed by atoms with Crippen LogP contribution in [0.4, 0.5) is 5.82 Å². The van der Waals surface area contributed by atoms with Crippen molar-refractivity contribution in [2.75, 3.05) is 4.72 Å². The number of anilines is 1. The molecule has 2 aromatic heterocycles. The minimum atomic E-state index is -3.69. The van der Waals surface area contributed by atoms with Crippen molar-refractivity contribution in [1.82, 2.24) is 19.7 Å². The third kappa shape index (κ3) is 2.41. The van der Waals surface area contributed by atoms with Crippen LogP contribution in [0.1, 0.15) is 56.1 Å². The van der Waals surface area contributed by atoms with Gasteiger partial charge in [0.25, 0.3) is 10.0 Å². The first-order chi connectivity index (χ1) is 10.5. The predicted octanol–water partition coefficient (Wildman–Crippen LogP) is 2.18. The van der Waals surface area contributed by atoms with E-state index < -0.39 is 10.0 Å². The van der Waals surface area contributed by atoms with Crippen LogP contribution in [0.25, 0.3) is 0 Å². The molecule has 2 aromatic rings. The molecule has 8 heteroatoms. The Balaban J connectivity index is 1.59. The van der Waals surface area contributed by atoms with Crippen molar-refractivity contribution in [3.63, 3.8) is 0 Å². The zero-order valence-corrected chi connectivity index (χ0v) is 13.2. The Labute approximate surface area is 129 Å². The van der Waals surface area contributed by atoms with Crippen molar-refractivity contribution < 1.29 is 8.42 Å². The van der Waals surface area contributed by atoms with Gasteiger partial charge >= 0.3 is 0 Å². The second-order valence-electron chi connectivity index (χ2n) is 6.23. The summed E-state index contributed by atoms with van der Waals surface area (Å²) >= 11 is 0. The number of aryl methyl sites for hydroxylation is 1. The van der Waals surface area contributed by atoms with Gasteiger partial charge in [0.15, 0.2) is 10.8 Å². The average molecular weight is 321 g/mol. The van der Waals surface area contributed by atoms with E-state index >= 15 is 0 Å². The molecule has 1 atom stereocenters. The van der Waals surface area contributed by atoms with Crippen LogP contribution in [0.5, 0.6) is 0 Å². The van der Waals surface area contributed by atoms with Gasteiger partial charge < -0.3 is 4.57 Å². The number of hydrogen-bond donors (Lipinski definition) is 2. The van der Waals surface area contributed by atoms with Gasteiger partial charge in [-0.2, -0.15) is 13.5 Å². The summed E-state index contributed by atoms with van der Waals surface area (Å²) in [5, 5.41) is 7.01. The molecule has 0 radical (unpaired) electrons. The van der Waals surface area contributed by atoms with Crippen molar-refractivity contribution in [2.24, 2.45) is 0 Å². The molecule has 1 fully saturated rings. The van der Waals surface area contributed by atoms with Crippen LogP contribution in [0.2, 0.25) is 0 Å². The van der Waals surface area contributed by atoms with E-state index in [4.69, 9.17) is 0 Å². The molecule has 4 rings (SSSR count). The Hall–Kier alpha value is -1.83. The highest BCUT2D eigenvalue weighted by Gasteiger charge is 2.28. The van der Waals surface area contributed by atoms with Crippen LogP contribution < -0.4 is 4.72 Å². The first-order valence-electron chi connectivity index (χ1n) is 7.69. The minimum Gasteiger partial charge on any atom is -0.331 e. The average Bonchev–Trinajstić information content (AvgIpc) is 3.04. The van der Waals surface area contributed by atoms with E-state index in [-0.39, 0.29) is 5.03 Å². The number of H-pyrrole nitrogens is 1. The maximum Gasteiger partial charge on any atom is 0.282 e. The molecule has 22 heavy (non-hydrogen) atoms. The second kappa shape index (κ2) is 4.84. The maximum absolute atomic E-state index is 12.5. The van der Waals surface area contributed by atoms with Gasteiger partial charge in [-0.05, 0) is 32.6 Å². The lowest BCUT2D eigenvalue weighted by Crippen LogP contribution is -2.14. The van der Waals surface area contributed by atoms with Crippen LogP contribution in [-0.4, -0.2) is 28.2 Å². The van der Waals surface area contributed by atoms with E-state index in [9.17, 15) is 8.42 Å². The molecule has 1 saturated carbocycles. The summed E-state index contributed by atoms with van der Waals surface area (Å²) in [6.45, 7) is 2.09. The standard InChI is InChI=1S/C14H19N5O2S/c1-9-3-2-4-13-15-14(8-19(9)13)22(20,21)18-12-7-11(16-17-12)10-5-6-10/h7-10H,2-6H2,1H3,(H2,16,17,18). The van der Waals surface area contributed by atoms with Gasteiger partial charge in [-0.1, -0.05) is 0 Å². The van der Waals surface area contributed by atoms with E-state index in [0.29, 0.717) is 17.8 Å². The van der Waals surface area contributed by atoms with Crippen LogP contribution in [0.3, 0.4) is 0 Å². The number of aromatic amines is 1. The summed E-state index contributed by atoms with van der Waals surface area (Å²) in [5.41, 5.74) is 0.996. The number of aromatic nitrogens is 4. The molecule has 3 heterocycles. The summed E-state index contributed by atoms with van der Waals surface area (Å²) < 4.78 is 29.4. The molecule has 0 bridgehead atoms. The number of nitrogens with zero attached hydrogens (tertiary/aromatic N) is 3. The van der Waals surface area contributed by atoms with Crippen molar-refractivity contribution in [3.8, 4) is 0 Å². The third-order valence-electron chi connectivity index (χ3n) is 4.41. The van der Waals surface area contributed by atoms with Crippen LogP contribution in [-0.2, 0) is 16.4 Å². The first kappa shape index (κ1) is 13.8. The third-order valence-corrected chi connectivity index (χ3v) is 5.64. The molecule has 118 valence electrons. The highest BCUT2D eigenvalue weighted by molar-refractivity contribution is 7.92. The van der Waals surface area contributed by atoms with Gasteiger partial charge in [-0.15, -0.1) is 0 Å². The number of nitrogens with one attached hydrogen (secondary N) is 2. The van der Waals surface area contributed by atoms with E-state index in [2.05, 4.69) is 26.8 Å². The lowest BCUT2D eigenvalue weighted by Gasteiger charge is -2.20. The monoisotopic (exact) mass is 321 g/mol. The predicted molar refractivity (Wildman–Crippen MR) is 81.2 cm³/mol. The Morgan fingerprint density at radius 2 is 2.18 bits per heavy atom. The fraction of sp³-hybridized carbons (Fsp3) is 0.571. The zero-order chi connectivity index (χ0) is 15.3. The molecular weight excluding hydrogens is 302 g/mol. The van der Waals surface area contributed by atoms with Gasteiger partial charge in [0.2, 0.25) is 0 Å². The molecule has 0 aromatic carbocycles. The van der Waals surface area contributed by atoms with E-state index in [1.807, 2.05) is 4.57 Å². The summed E-state index contributed by atoms with van der Waals surface area (Å²) in [6, 6.07) is 2.07. The maximum atomic E-state index is 12.5. The molecule has 2 aliphatic rings. The van der Waals surface area contributed by atoms with Gasteiger partial charge in [-0.25, -0.2) is 4.98 Å². The van der Waals surface area contributed by atoms with E-state index in [1.165, 1.54) is 0 Å². The second-order valence-corrected chi connectivity index (χ2v) is 7.86. The summed E-state index contributed by atoms with van der Waals surface area (Å²) in [7, 11) is -3.69. The van der Waals surface area contributed by atoms with Crippen LogP contribution >= 0.6 is 0 Å². The van der Waals surface area contributed by atoms with Crippen LogP contribution in [0, 0.1) is 0 Å². The molecule has 0 saturated heterocycles.